The quantitative estimate of drug-likeness (QED) is 0.804. The van der Waals surface area contributed by atoms with Crippen LogP contribution in [0.3, 0.4) is 0 Å². The smallest absolute Gasteiger partial charge is 0.234 e. The number of rotatable bonds is 7. The summed E-state index contributed by atoms with van der Waals surface area (Å²) in [4.78, 5) is 14.3. The van der Waals surface area contributed by atoms with Gasteiger partial charge in [-0.3, -0.25) is 9.69 Å². The van der Waals surface area contributed by atoms with Crippen LogP contribution in [-0.2, 0) is 11.3 Å². The van der Waals surface area contributed by atoms with Crippen molar-refractivity contribution in [3.63, 3.8) is 0 Å². The van der Waals surface area contributed by atoms with Crippen molar-refractivity contribution in [1.82, 2.24) is 10.2 Å². The normalized spacial score (nSPS) is 20.0. The highest BCUT2D eigenvalue weighted by molar-refractivity contribution is 5.78. The second kappa shape index (κ2) is 8.89. The molecule has 5 nitrogen and oxygen atoms in total. The van der Waals surface area contributed by atoms with Crippen LogP contribution in [0, 0.1) is 5.92 Å². The number of nitrogens with one attached hydrogen (secondary N) is 1. The summed E-state index contributed by atoms with van der Waals surface area (Å²) in [5, 5.41) is 12.7. The molecule has 0 aromatic heterocycles. The fraction of sp³-hybridized carbons (Fsp3) is 0.611. The minimum absolute atomic E-state index is 0.0260. The second-order valence-corrected chi connectivity index (χ2v) is 6.24. The number of amides is 1. The molecule has 1 amide bonds. The van der Waals surface area contributed by atoms with Gasteiger partial charge in [0.05, 0.1) is 19.3 Å². The van der Waals surface area contributed by atoms with E-state index < -0.39 is 0 Å². The van der Waals surface area contributed by atoms with Crippen molar-refractivity contribution in [2.24, 2.45) is 5.92 Å². The van der Waals surface area contributed by atoms with Crippen LogP contribution >= 0.6 is 0 Å². The van der Waals surface area contributed by atoms with Crippen LogP contribution < -0.4 is 10.1 Å². The van der Waals surface area contributed by atoms with Crippen molar-refractivity contribution in [1.29, 1.82) is 0 Å². The van der Waals surface area contributed by atoms with E-state index in [4.69, 9.17) is 4.74 Å². The van der Waals surface area contributed by atoms with Crippen LogP contribution in [-0.4, -0.2) is 48.3 Å². The van der Waals surface area contributed by atoms with Gasteiger partial charge in [0.2, 0.25) is 5.91 Å². The lowest BCUT2D eigenvalue weighted by Gasteiger charge is -2.33. The van der Waals surface area contributed by atoms with Gasteiger partial charge in [-0.25, -0.2) is 0 Å². The van der Waals surface area contributed by atoms with E-state index in [2.05, 4.69) is 10.2 Å². The molecular weight excluding hydrogens is 292 g/mol. The third-order valence-corrected chi connectivity index (χ3v) is 4.29. The number of hydrogen-bond acceptors (Lipinski definition) is 4. The van der Waals surface area contributed by atoms with Crippen molar-refractivity contribution in [3.05, 3.63) is 29.8 Å². The molecule has 1 heterocycles. The number of likely N-dealkylation sites (tertiary alicyclic amines) is 1. The lowest BCUT2D eigenvalue weighted by molar-refractivity contribution is -0.123. The second-order valence-electron chi connectivity index (χ2n) is 6.24. The van der Waals surface area contributed by atoms with E-state index in [0.717, 1.165) is 37.2 Å². The first-order valence-electron chi connectivity index (χ1n) is 8.47. The highest BCUT2D eigenvalue weighted by Crippen LogP contribution is 2.19. The van der Waals surface area contributed by atoms with E-state index in [-0.39, 0.29) is 17.9 Å². The first kappa shape index (κ1) is 17.8. The first-order valence-corrected chi connectivity index (χ1v) is 8.47. The number of carbonyl (C=O) groups is 1. The molecule has 1 aromatic carbocycles. The van der Waals surface area contributed by atoms with Crippen molar-refractivity contribution >= 4 is 5.91 Å². The van der Waals surface area contributed by atoms with Crippen LogP contribution in [0.4, 0.5) is 0 Å². The molecule has 0 spiro atoms. The molecule has 1 aliphatic heterocycles. The molecule has 1 aliphatic rings. The Labute approximate surface area is 138 Å². The number of piperidine rings is 1. The number of aliphatic hydroxyl groups is 1. The van der Waals surface area contributed by atoms with Crippen molar-refractivity contribution in [2.75, 3.05) is 26.2 Å². The van der Waals surface area contributed by atoms with Gasteiger partial charge in [-0.15, -0.1) is 0 Å². The van der Waals surface area contributed by atoms with Crippen molar-refractivity contribution in [2.45, 2.75) is 39.3 Å². The van der Waals surface area contributed by atoms with Crippen molar-refractivity contribution < 1.29 is 14.6 Å². The van der Waals surface area contributed by atoms with Crippen LogP contribution in [0.25, 0.3) is 0 Å². The first-order chi connectivity index (χ1) is 11.1. The molecule has 1 fully saturated rings. The summed E-state index contributed by atoms with van der Waals surface area (Å²) in [6, 6.07) is 7.78. The average Bonchev–Trinajstić information content (AvgIpc) is 2.54. The summed E-state index contributed by atoms with van der Waals surface area (Å²) in [5.74, 6) is 1.13. The molecule has 2 unspecified atom stereocenters. The Hall–Kier alpha value is -1.59. The van der Waals surface area contributed by atoms with Gasteiger partial charge in [0.1, 0.15) is 5.75 Å². The Morgan fingerprint density at radius 1 is 1.52 bits per heavy atom. The molecule has 128 valence electrons. The number of carbonyl (C=O) groups excluding carboxylic acids is 1. The van der Waals surface area contributed by atoms with Gasteiger partial charge in [-0.05, 0) is 56.8 Å². The minimum Gasteiger partial charge on any atom is -0.494 e. The highest BCUT2D eigenvalue weighted by Gasteiger charge is 2.24. The predicted octanol–water partition coefficient (Wildman–Crippen LogP) is 1.79. The number of benzene rings is 1. The number of hydrogen-bond donors (Lipinski definition) is 2. The Bertz CT molecular complexity index is 505. The molecular formula is C18H28N2O3. The molecule has 5 heteroatoms. The molecule has 2 atom stereocenters. The summed E-state index contributed by atoms with van der Waals surface area (Å²) in [6.45, 7) is 7.05. The van der Waals surface area contributed by atoms with Crippen LogP contribution in [0.15, 0.2) is 24.3 Å². The van der Waals surface area contributed by atoms with Gasteiger partial charge >= 0.3 is 0 Å². The van der Waals surface area contributed by atoms with Crippen LogP contribution in [0.5, 0.6) is 5.75 Å². The SMILES string of the molecule is CCOc1cccc(CNC(=O)CN2CCCC(C(C)O)C2)c1. The van der Waals surface area contributed by atoms with Crippen molar-refractivity contribution in [3.8, 4) is 5.75 Å². The Kier molecular flexibility index (Phi) is 6.86. The number of nitrogens with zero attached hydrogens (tertiary/aromatic N) is 1. The van der Waals surface area contributed by atoms with Gasteiger partial charge in [-0.1, -0.05) is 12.1 Å². The molecule has 0 aliphatic carbocycles. The largest absolute Gasteiger partial charge is 0.494 e. The fourth-order valence-electron chi connectivity index (χ4n) is 3.00. The topological polar surface area (TPSA) is 61.8 Å². The third-order valence-electron chi connectivity index (χ3n) is 4.29. The Morgan fingerprint density at radius 3 is 3.09 bits per heavy atom. The summed E-state index contributed by atoms with van der Waals surface area (Å²) >= 11 is 0. The molecule has 23 heavy (non-hydrogen) atoms. The predicted molar refractivity (Wildman–Crippen MR) is 90.3 cm³/mol. The maximum absolute atomic E-state index is 12.1. The maximum atomic E-state index is 12.1. The van der Waals surface area contributed by atoms with Gasteiger partial charge in [-0.2, -0.15) is 0 Å². The molecule has 2 N–H and O–H groups in total. The van der Waals surface area contributed by atoms with Gasteiger partial charge in [0.15, 0.2) is 0 Å². The van der Waals surface area contributed by atoms with E-state index in [1.165, 1.54) is 0 Å². The monoisotopic (exact) mass is 320 g/mol. The minimum atomic E-state index is -0.304. The number of aliphatic hydroxyl groups excluding tert-OH is 1. The van der Waals surface area contributed by atoms with Gasteiger partial charge < -0.3 is 15.2 Å². The summed E-state index contributed by atoms with van der Waals surface area (Å²) < 4.78 is 5.46. The number of ether oxygens (including phenoxy) is 1. The standard InChI is InChI=1S/C18H28N2O3/c1-3-23-17-8-4-6-15(10-17)11-19-18(22)13-20-9-5-7-16(12-20)14(2)21/h4,6,8,10,14,16,21H,3,5,7,9,11-13H2,1-2H3,(H,19,22). The highest BCUT2D eigenvalue weighted by atomic mass is 16.5. The van der Waals surface area contributed by atoms with E-state index in [1.807, 2.05) is 38.1 Å². The molecule has 1 aromatic rings. The maximum Gasteiger partial charge on any atom is 0.234 e. The summed E-state index contributed by atoms with van der Waals surface area (Å²) in [6.07, 6.45) is 1.78. The van der Waals surface area contributed by atoms with E-state index in [0.29, 0.717) is 19.7 Å². The Morgan fingerprint density at radius 2 is 2.35 bits per heavy atom. The van der Waals surface area contributed by atoms with Gasteiger partial charge in [0, 0.05) is 13.1 Å². The fourth-order valence-corrected chi connectivity index (χ4v) is 3.00. The summed E-state index contributed by atoms with van der Waals surface area (Å²) in [5.41, 5.74) is 1.03. The lowest BCUT2D eigenvalue weighted by atomic mass is 9.93. The van der Waals surface area contributed by atoms with Crippen LogP contribution in [0.1, 0.15) is 32.3 Å². The van der Waals surface area contributed by atoms with Crippen LogP contribution in [0.2, 0.25) is 0 Å². The molecule has 0 bridgehead atoms. The van der Waals surface area contributed by atoms with E-state index >= 15 is 0 Å². The molecule has 0 radical (unpaired) electrons. The Balaban J connectivity index is 1.77. The third kappa shape index (κ3) is 5.84. The zero-order valence-electron chi connectivity index (χ0n) is 14.1. The lowest BCUT2D eigenvalue weighted by Crippen LogP contribution is -2.44. The zero-order chi connectivity index (χ0) is 16.7. The average molecular weight is 320 g/mol. The molecule has 1 saturated heterocycles. The molecule has 0 saturated carbocycles. The summed E-state index contributed by atoms with van der Waals surface area (Å²) in [7, 11) is 0. The van der Waals surface area contributed by atoms with E-state index in [9.17, 15) is 9.90 Å². The van der Waals surface area contributed by atoms with Gasteiger partial charge in [0.25, 0.3) is 0 Å². The van der Waals surface area contributed by atoms with E-state index in [1.54, 1.807) is 0 Å². The zero-order valence-corrected chi connectivity index (χ0v) is 14.1. The molecule has 2 rings (SSSR count).